The van der Waals surface area contributed by atoms with Crippen LogP contribution < -0.4 is 10.1 Å². The second kappa shape index (κ2) is 6.95. The van der Waals surface area contributed by atoms with E-state index in [4.69, 9.17) is 0 Å². The molecule has 0 saturated heterocycles. The van der Waals surface area contributed by atoms with Crippen LogP contribution in [0.3, 0.4) is 0 Å². The average molecular weight is 282 g/mol. The fourth-order valence-electron chi connectivity index (χ4n) is 1.80. The number of nitrogens with one attached hydrogen (secondary N) is 1. The zero-order valence-electron chi connectivity index (χ0n) is 11.0. The monoisotopic (exact) mass is 282 g/mol. The highest BCUT2D eigenvalue weighted by atomic mass is 19.3. The van der Waals surface area contributed by atoms with Gasteiger partial charge in [-0.3, -0.25) is 4.68 Å². The normalized spacial score (nSPS) is 12.6. The molecule has 5 nitrogen and oxygen atoms in total. The molecule has 0 aliphatic carbocycles. The van der Waals surface area contributed by atoms with Gasteiger partial charge in [0.15, 0.2) is 0 Å². The van der Waals surface area contributed by atoms with Crippen molar-refractivity contribution in [2.24, 2.45) is 0 Å². The van der Waals surface area contributed by atoms with Crippen molar-refractivity contribution in [3.63, 3.8) is 0 Å². The van der Waals surface area contributed by atoms with Gasteiger partial charge in [0, 0.05) is 18.8 Å². The van der Waals surface area contributed by atoms with Crippen LogP contribution in [-0.2, 0) is 6.54 Å². The molecule has 1 unspecified atom stereocenters. The molecule has 0 saturated carbocycles. The van der Waals surface area contributed by atoms with Gasteiger partial charge in [0.1, 0.15) is 5.75 Å². The molecular formula is C13H16F2N4O. The molecule has 1 aromatic heterocycles. The van der Waals surface area contributed by atoms with E-state index in [1.165, 1.54) is 12.1 Å². The Balaban J connectivity index is 1.81. The average Bonchev–Trinajstić information content (AvgIpc) is 2.92. The zero-order chi connectivity index (χ0) is 14.4. The van der Waals surface area contributed by atoms with Gasteiger partial charge in [0.05, 0.1) is 12.7 Å². The van der Waals surface area contributed by atoms with Gasteiger partial charge >= 0.3 is 6.61 Å². The Hall–Kier alpha value is -2.02. The first-order chi connectivity index (χ1) is 9.65. The Kier molecular flexibility index (Phi) is 5.00. The molecule has 108 valence electrons. The molecule has 1 heterocycles. The largest absolute Gasteiger partial charge is 0.435 e. The summed E-state index contributed by atoms with van der Waals surface area (Å²) in [6.07, 6.45) is 3.42. The van der Waals surface area contributed by atoms with Crippen LogP contribution in [0.5, 0.6) is 5.75 Å². The Labute approximate surface area is 115 Å². The summed E-state index contributed by atoms with van der Waals surface area (Å²) in [5.74, 6) is 0.165. The van der Waals surface area contributed by atoms with Crippen LogP contribution in [0, 0.1) is 0 Å². The van der Waals surface area contributed by atoms with E-state index in [9.17, 15) is 8.78 Å². The van der Waals surface area contributed by atoms with Gasteiger partial charge in [-0.1, -0.05) is 17.3 Å². The van der Waals surface area contributed by atoms with Gasteiger partial charge in [-0.05, 0) is 24.6 Å². The molecule has 20 heavy (non-hydrogen) atoms. The van der Waals surface area contributed by atoms with Crippen molar-refractivity contribution in [3.05, 3.63) is 42.2 Å². The first-order valence-electron chi connectivity index (χ1n) is 6.27. The van der Waals surface area contributed by atoms with Gasteiger partial charge in [0.2, 0.25) is 0 Å². The lowest BCUT2D eigenvalue weighted by atomic mass is 10.1. The minimum absolute atomic E-state index is 0.110. The molecule has 1 aromatic carbocycles. The van der Waals surface area contributed by atoms with E-state index in [1.54, 1.807) is 29.2 Å². The van der Waals surface area contributed by atoms with Crippen LogP contribution in [0.25, 0.3) is 0 Å². The topological polar surface area (TPSA) is 52.0 Å². The van der Waals surface area contributed by atoms with E-state index in [2.05, 4.69) is 20.4 Å². The fraction of sp³-hybridized carbons (Fsp3) is 0.385. The van der Waals surface area contributed by atoms with Crippen LogP contribution in [-0.4, -0.2) is 28.2 Å². The Morgan fingerprint density at radius 3 is 2.65 bits per heavy atom. The molecule has 0 aliphatic rings. The first kappa shape index (κ1) is 14.4. The number of benzene rings is 1. The highest BCUT2D eigenvalue weighted by Gasteiger charge is 2.07. The van der Waals surface area contributed by atoms with Crippen molar-refractivity contribution >= 4 is 0 Å². The number of hydrogen-bond donors (Lipinski definition) is 1. The maximum atomic E-state index is 12.0. The van der Waals surface area contributed by atoms with E-state index in [0.29, 0.717) is 0 Å². The second-order valence-corrected chi connectivity index (χ2v) is 4.29. The highest BCUT2D eigenvalue weighted by Crippen LogP contribution is 2.18. The molecule has 7 heteroatoms. The van der Waals surface area contributed by atoms with Crippen molar-refractivity contribution in [2.45, 2.75) is 26.1 Å². The van der Waals surface area contributed by atoms with E-state index >= 15 is 0 Å². The predicted octanol–water partition coefficient (Wildman–Crippen LogP) is 2.23. The summed E-state index contributed by atoms with van der Waals surface area (Å²) in [4.78, 5) is 0. The van der Waals surface area contributed by atoms with E-state index in [-0.39, 0.29) is 11.8 Å². The number of ether oxygens (including phenoxy) is 1. The van der Waals surface area contributed by atoms with Gasteiger partial charge in [-0.2, -0.15) is 8.78 Å². The molecule has 0 fully saturated rings. The van der Waals surface area contributed by atoms with Gasteiger partial charge in [-0.15, -0.1) is 5.10 Å². The number of hydrogen-bond acceptors (Lipinski definition) is 4. The lowest BCUT2D eigenvalue weighted by molar-refractivity contribution is -0.0498. The van der Waals surface area contributed by atoms with Crippen LogP contribution in [0.15, 0.2) is 36.7 Å². The Bertz CT molecular complexity index is 502. The molecule has 0 amide bonds. The second-order valence-electron chi connectivity index (χ2n) is 4.29. The van der Waals surface area contributed by atoms with E-state index < -0.39 is 6.61 Å². The number of nitrogens with zero attached hydrogens (tertiary/aromatic N) is 3. The van der Waals surface area contributed by atoms with Crippen molar-refractivity contribution in [1.82, 2.24) is 20.3 Å². The van der Waals surface area contributed by atoms with Gasteiger partial charge in [-0.25, -0.2) is 0 Å². The maximum absolute atomic E-state index is 12.0. The summed E-state index contributed by atoms with van der Waals surface area (Å²) < 4.78 is 30.1. The third kappa shape index (κ3) is 4.27. The smallest absolute Gasteiger partial charge is 0.387 e. The minimum Gasteiger partial charge on any atom is -0.435 e. The van der Waals surface area contributed by atoms with Crippen LogP contribution in [0.1, 0.15) is 18.5 Å². The fourth-order valence-corrected chi connectivity index (χ4v) is 1.80. The summed E-state index contributed by atoms with van der Waals surface area (Å²) in [5.41, 5.74) is 1.00. The summed E-state index contributed by atoms with van der Waals surface area (Å²) in [6.45, 7) is 0.667. The summed E-state index contributed by atoms with van der Waals surface area (Å²) in [5, 5.41) is 10.9. The van der Waals surface area contributed by atoms with Gasteiger partial charge in [0.25, 0.3) is 0 Å². The maximum Gasteiger partial charge on any atom is 0.387 e. The highest BCUT2D eigenvalue weighted by molar-refractivity contribution is 5.28. The number of alkyl halides is 2. The minimum atomic E-state index is -2.79. The third-order valence-corrected chi connectivity index (χ3v) is 2.87. The van der Waals surface area contributed by atoms with Crippen LogP contribution in [0.4, 0.5) is 8.78 Å². The van der Waals surface area contributed by atoms with Crippen molar-refractivity contribution in [3.8, 4) is 5.75 Å². The number of rotatable bonds is 7. The molecule has 1 N–H and O–H groups in total. The van der Waals surface area contributed by atoms with Crippen molar-refractivity contribution in [2.75, 3.05) is 6.54 Å². The standard InChI is InChI=1S/C13H16F2N4O/c1-10(16-6-8-19-9-7-17-18-19)11-2-4-12(5-3-11)20-13(14)15/h2-5,7,9-10,13,16H,6,8H2,1H3. The van der Waals surface area contributed by atoms with Crippen LogP contribution in [0.2, 0.25) is 0 Å². The Morgan fingerprint density at radius 2 is 2.05 bits per heavy atom. The van der Waals surface area contributed by atoms with Gasteiger partial charge < -0.3 is 10.1 Å². The predicted molar refractivity (Wildman–Crippen MR) is 69.5 cm³/mol. The summed E-state index contributed by atoms with van der Waals surface area (Å²) in [7, 11) is 0. The first-order valence-corrected chi connectivity index (χ1v) is 6.27. The molecule has 1 atom stereocenters. The van der Waals surface area contributed by atoms with Crippen LogP contribution >= 0.6 is 0 Å². The lowest BCUT2D eigenvalue weighted by Gasteiger charge is -2.14. The van der Waals surface area contributed by atoms with E-state index in [1.807, 2.05) is 6.92 Å². The molecule has 2 aromatic rings. The molecule has 0 spiro atoms. The lowest BCUT2D eigenvalue weighted by Crippen LogP contribution is -2.23. The molecule has 0 bridgehead atoms. The molecule has 2 rings (SSSR count). The molecule has 0 aliphatic heterocycles. The van der Waals surface area contributed by atoms with E-state index in [0.717, 1.165) is 18.7 Å². The molecule has 0 radical (unpaired) electrons. The quantitative estimate of drug-likeness (QED) is 0.846. The third-order valence-electron chi connectivity index (χ3n) is 2.87. The summed E-state index contributed by atoms with van der Waals surface area (Å²) >= 11 is 0. The SMILES string of the molecule is CC(NCCn1ccnn1)c1ccc(OC(F)F)cc1. The Morgan fingerprint density at radius 1 is 1.30 bits per heavy atom. The zero-order valence-corrected chi connectivity index (χ0v) is 11.0. The van der Waals surface area contributed by atoms with Crippen molar-refractivity contribution < 1.29 is 13.5 Å². The number of aromatic nitrogens is 3. The molecular weight excluding hydrogens is 266 g/mol. The van der Waals surface area contributed by atoms with Crippen molar-refractivity contribution in [1.29, 1.82) is 0 Å². The number of halogens is 2. The summed E-state index contributed by atoms with van der Waals surface area (Å²) in [6, 6.07) is 6.73.